The highest BCUT2D eigenvalue weighted by molar-refractivity contribution is 5.79. The van der Waals surface area contributed by atoms with E-state index < -0.39 is 6.23 Å². The van der Waals surface area contributed by atoms with Gasteiger partial charge in [-0.2, -0.15) is 0 Å². The summed E-state index contributed by atoms with van der Waals surface area (Å²) in [5.41, 5.74) is 0. The Hall–Kier alpha value is -0.610. The van der Waals surface area contributed by atoms with Gasteiger partial charge in [0.2, 0.25) is 5.91 Å². The first kappa shape index (κ1) is 11.5. The smallest absolute Gasteiger partial charge is 0.226 e. The number of amides is 1. The summed E-state index contributed by atoms with van der Waals surface area (Å²) in [5, 5.41) is 9.46. The fourth-order valence-corrected chi connectivity index (χ4v) is 2.15. The van der Waals surface area contributed by atoms with Crippen LogP contribution in [0.2, 0.25) is 0 Å². The maximum atomic E-state index is 11.7. The summed E-state index contributed by atoms with van der Waals surface area (Å²) >= 11 is 0. The van der Waals surface area contributed by atoms with E-state index in [0.29, 0.717) is 0 Å². The number of likely N-dealkylation sites (tertiary alicyclic amines) is 1. The second kappa shape index (κ2) is 4.28. The molecule has 1 N–H and O–H groups in total. The molecule has 1 fully saturated rings. The Balaban J connectivity index is 2.64. The lowest BCUT2D eigenvalue weighted by Crippen LogP contribution is -2.41. The van der Waals surface area contributed by atoms with Crippen LogP contribution in [0.5, 0.6) is 0 Å². The van der Waals surface area contributed by atoms with Crippen molar-refractivity contribution in [1.29, 1.82) is 0 Å². The minimum atomic E-state index is -0.454. The quantitative estimate of drug-likeness (QED) is 0.688. The van der Waals surface area contributed by atoms with Crippen molar-refractivity contribution in [3.8, 4) is 0 Å². The van der Waals surface area contributed by atoms with Crippen LogP contribution >= 0.6 is 0 Å². The number of rotatable bonds is 2. The summed E-state index contributed by atoms with van der Waals surface area (Å²) in [7, 11) is 3.56. The second-order valence-electron chi connectivity index (χ2n) is 4.24. The Morgan fingerprint density at radius 2 is 2.14 bits per heavy atom. The van der Waals surface area contributed by atoms with Crippen LogP contribution in [-0.2, 0) is 4.79 Å². The van der Waals surface area contributed by atoms with E-state index in [0.717, 1.165) is 13.0 Å². The second-order valence-corrected chi connectivity index (χ2v) is 4.24. The van der Waals surface area contributed by atoms with E-state index in [1.165, 1.54) is 0 Å². The fraction of sp³-hybridized carbons (Fsp3) is 0.900. The molecule has 1 saturated heterocycles. The van der Waals surface area contributed by atoms with E-state index in [9.17, 15) is 9.90 Å². The number of aliphatic hydroxyl groups is 1. The summed E-state index contributed by atoms with van der Waals surface area (Å²) < 4.78 is 0. The normalized spacial score (nSPS) is 30.4. The van der Waals surface area contributed by atoms with Gasteiger partial charge in [0, 0.05) is 26.7 Å². The van der Waals surface area contributed by atoms with Gasteiger partial charge < -0.3 is 10.0 Å². The van der Waals surface area contributed by atoms with Crippen molar-refractivity contribution in [1.82, 2.24) is 9.80 Å². The molecule has 82 valence electrons. The number of hydrogen-bond donors (Lipinski definition) is 1. The van der Waals surface area contributed by atoms with Crippen molar-refractivity contribution in [2.24, 2.45) is 5.92 Å². The van der Waals surface area contributed by atoms with Crippen LogP contribution < -0.4 is 0 Å². The molecular formula is C10H20N2O2. The van der Waals surface area contributed by atoms with Gasteiger partial charge in [0.15, 0.2) is 0 Å². The van der Waals surface area contributed by atoms with Crippen molar-refractivity contribution in [3.63, 3.8) is 0 Å². The summed E-state index contributed by atoms with van der Waals surface area (Å²) in [4.78, 5) is 15.3. The molecule has 1 rings (SSSR count). The largest absolute Gasteiger partial charge is 0.379 e. The molecule has 1 aliphatic rings. The Morgan fingerprint density at radius 3 is 2.50 bits per heavy atom. The minimum Gasteiger partial charge on any atom is -0.379 e. The summed E-state index contributed by atoms with van der Waals surface area (Å²) in [6.07, 6.45) is 0.397. The number of carbonyl (C=O) groups is 1. The van der Waals surface area contributed by atoms with Gasteiger partial charge in [-0.25, -0.2) is 0 Å². The fourth-order valence-electron chi connectivity index (χ4n) is 2.15. The average Bonchev–Trinajstić information content (AvgIpc) is 2.45. The predicted octanol–water partition coefficient (Wildman–Crippen LogP) is 0.123. The van der Waals surface area contributed by atoms with E-state index in [2.05, 4.69) is 0 Å². The summed E-state index contributed by atoms with van der Waals surface area (Å²) in [5.74, 6) is 0.209. The maximum Gasteiger partial charge on any atom is 0.226 e. The molecule has 14 heavy (non-hydrogen) atoms. The highest BCUT2D eigenvalue weighted by atomic mass is 16.3. The highest BCUT2D eigenvalue weighted by Gasteiger charge is 2.37. The topological polar surface area (TPSA) is 43.8 Å². The van der Waals surface area contributed by atoms with Crippen molar-refractivity contribution in [2.45, 2.75) is 32.5 Å². The van der Waals surface area contributed by atoms with Crippen LogP contribution in [0.25, 0.3) is 0 Å². The van der Waals surface area contributed by atoms with Crippen molar-refractivity contribution >= 4 is 5.91 Å². The molecular weight excluding hydrogens is 180 g/mol. The third kappa shape index (κ3) is 2.07. The van der Waals surface area contributed by atoms with Gasteiger partial charge in [-0.3, -0.25) is 9.69 Å². The molecule has 4 nitrogen and oxygen atoms in total. The maximum absolute atomic E-state index is 11.7. The van der Waals surface area contributed by atoms with E-state index in [1.54, 1.807) is 25.9 Å². The van der Waals surface area contributed by atoms with Crippen molar-refractivity contribution < 1.29 is 9.90 Å². The molecule has 0 aromatic rings. The molecule has 1 amide bonds. The van der Waals surface area contributed by atoms with Crippen LogP contribution in [0.1, 0.15) is 20.3 Å². The van der Waals surface area contributed by atoms with Gasteiger partial charge in [-0.05, 0) is 20.3 Å². The molecule has 1 aliphatic heterocycles. The molecule has 3 unspecified atom stereocenters. The Labute approximate surface area is 85.5 Å². The summed E-state index contributed by atoms with van der Waals surface area (Å²) in [6.45, 7) is 4.56. The van der Waals surface area contributed by atoms with Gasteiger partial charge in [0.1, 0.15) is 6.23 Å². The lowest BCUT2D eigenvalue weighted by molar-refractivity contribution is -0.134. The average molecular weight is 200 g/mol. The lowest BCUT2D eigenvalue weighted by Gasteiger charge is -2.27. The molecule has 4 heteroatoms. The van der Waals surface area contributed by atoms with E-state index in [4.69, 9.17) is 0 Å². The van der Waals surface area contributed by atoms with Gasteiger partial charge >= 0.3 is 0 Å². The van der Waals surface area contributed by atoms with Crippen LogP contribution in [-0.4, -0.2) is 53.7 Å². The van der Waals surface area contributed by atoms with Gasteiger partial charge in [0.05, 0.1) is 5.92 Å². The van der Waals surface area contributed by atoms with E-state index in [1.807, 2.05) is 11.8 Å². The first-order valence-corrected chi connectivity index (χ1v) is 5.10. The van der Waals surface area contributed by atoms with Gasteiger partial charge in [-0.15, -0.1) is 0 Å². The molecule has 1 heterocycles. The minimum absolute atomic E-state index is 0.0413. The third-order valence-electron chi connectivity index (χ3n) is 3.04. The lowest BCUT2D eigenvalue weighted by atomic mass is 10.0. The molecule has 3 atom stereocenters. The zero-order valence-electron chi connectivity index (χ0n) is 9.40. The molecule has 0 bridgehead atoms. The molecule has 0 aromatic heterocycles. The number of carbonyl (C=O) groups excluding carboxylic acids is 1. The first-order chi connectivity index (χ1) is 6.45. The molecule has 0 radical (unpaired) electrons. The standard InChI is InChI=1S/C10H20N2O2/c1-7-9(10(14)11(3)4)5-6-12(7)8(2)13/h7-9,13H,5-6H2,1-4H3. The van der Waals surface area contributed by atoms with Crippen molar-refractivity contribution in [3.05, 3.63) is 0 Å². The third-order valence-corrected chi connectivity index (χ3v) is 3.04. The number of hydrogen-bond acceptors (Lipinski definition) is 3. The van der Waals surface area contributed by atoms with Gasteiger partial charge in [0.25, 0.3) is 0 Å². The van der Waals surface area contributed by atoms with Crippen LogP contribution in [0.15, 0.2) is 0 Å². The van der Waals surface area contributed by atoms with E-state index >= 15 is 0 Å². The molecule has 0 aliphatic carbocycles. The monoisotopic (exact) mass is 200 g/mol. The highest BCUT2D eigenvalue weighted by Crippen LogP contribution is 2.26. The molecule has 0 saturated carbocycles. The van der Waals surface area contributed by atoms with E-state index in [-0.39, 0.29) is 17.9 Å². The number of aliphatic hydroxyl groups excluding tert-OH is 1. The Bertz CT molecular complexity index is 216. The predicted molar refractivity (Wildman–Crippen MR) is 54.6 cm³/mol. The van der Waals surface area contributed by atoms with Crippen LogP contribution in [0.3, 0.4) is 0 Å². The Morgan fingerprint density at radius 1 is 1.57 bits per heavy atom. The Kier molecular flexibility index (Phi) is 3.50. The number of nitrogens with zero attached hydrogens (tertiary/aromatic N) is 2. The zero-order chi connectivity index (χ0) is 10.9. The molecule has 0 aromatic carbocycles. The first-order valence-electron chi connectivity index (χ1n) is 5.10. The van der Waals surface area contributed by atoms with Crippen LogP contribution in [0, 0.1) is 5.92 Å². The summed E-state index contributed by atoms with van der Waals surface area (Å²) in [6, 6.07) is 0.143. The van der Waals surface area contributed by atoms with Crippen LogP contribution in [0.4, 0.5) is 0 Å². The van der Waals surface area contributed by atoms with Crippen molar-refractivity contribution in [2.75, 3.05) is 20.6 Å². The zero-order valence-corrected chi connectivity index (χ0v) is 9.40. The van der Waals surface area contributed by atoms with Gasteiger partial charge in [-0.1, -0.05) is 0 Å². The SMILES string of the molecule is CC(O)N1CCC(C(=O)N(C)C)C1C. The molecule has 0 spiro atoms.